The zero-order valence-corrected chi connectivity index (χ0v) is 17.8. The Kier molecular flexibility index (Phi) is 8.93. The predicted molar refractivity (Wildman–Crippen MR) is 114 cm³/mol. The van der Waals surface area contributed by atoms with Gasteiger partial charge >= 0.3 is 11.9 Å². The van der Waals surface area contributed by atoms with Crippen molar-refractivity contribution < 1.29 is 39.5 Å². The summed E-state index contributed by atoms with van der Waals surface area (Å²) in [5.74, 6) is -2.95. The van der Waals surface area contributed by atoms with Crippen LogP contribution in [0.15, 0.2) is 41.4 Å². The van der Waals surface area contributed by atoms with Crippen molar-refractivity contribution in [3.63, 3.8) is 0 Å². The van der Waals surface area contributed by atoms with E-state index in [4.69, 9.17) is 4.74 Å². The number of hydrogen-bond donors (Lipinski definition) is 4. The zero-order chi connectivity index (χ0) is 23.0. The van der Waals surface area contributed by atoms with Gasteiger partial charge in [0.1, 0.15) is 18.5 Å². The molecule has 0 fully saturated rings. The molecule has 1 aromatic rings. The Labute approximate surface area is 181 Å². The lowest BCUT2D eigenvalue weighted by Gasteiger charge is -2.18. The summed E-state index contributed by atoms with van der Waals surface area (Å²) >= 11 is 0. The molecule has 170 valence electrons. The minimum Gasteiger partial charge on any atom is -0.505 e. The van der Waals surface area contributed by atoms with Crippen LogP contribution in [-0.4, -0.2) is 51.2 Å². The standard InChI is InChI=1S/C23H30O8/c1-3-5-6-14(4-2)11-16(22(27)28)12-15-7-9-17(10-8-15)30-13-18(24)21-19(25)20(26)23(29)31-21/h7-10,12,14,18,21,24-26H,3-6,11,13H2,1-2H3,(H,27,28)/b16-12+/t14?,18-,21-/m1/s1. The van der Waals surface area contributed by atoms with Gasteiger partial charge in [-0.15, -0.1) is 0 Å². The first kappa shape index (κ1) is 24.3. The van der Waals surface area contributed by atoms with E-state index in [2.05, 4.69) is 18.6 Å². The van der Waals surface area contributed by atoms with Gasteiger partial charge in [0.25, 0.3) is 0 Å². The second kappa shape index (κ2) is 11.4. The van der Waals surface area contributed by atoms with Crippen LogP contribution in [0.25, 0.3) is 6.08 Å². The Bertz CT molecular complexity index is 824. The molecule has 1 aliphatic rings. The van der Waals surface area contributed by atoms with Crippen molar-refractivity contribution in [1.29, 1.82) is 0 Å². The molecule has 0 spiro atoms. The number of aliphatic carboxylic acids is 1. The van der Waals surface area contributed by atoms with Gasteiger partial charge in [0.15, 0.2) is 11.9 Å². The Morgan fingerprint density at radius 1 is 1.23 bits per heavy atom. The van der Waals surface area contributed by atoms with Crippen molar-refractivity contribution in [2.75, 3.05) is 6.61 Å². The van der Waals surface area contributed by atoms with Gasteiger partial charge in [-0.1, -0.05) is 51.7 Å². The maximum absolute atomic E-state index is 11.7. The van der Waals surface area contributed by atoms with Crippen LogP contribution in [-0.2, 0) is 14.3 Å². The largest absolute Gasteiger partial charge is 0.505 e. The summed E-state index contributed by atoms with van der Waals surface area (Å²) in [6.45, 7) is 3.90. The van der Waals surface area contributed by atoms with Crippen molar-refractivity contribution in [1.82, 2.24) is 0 Å². The Morgan fingerprint density at radius 2 is 1.90 bits per heavy atom. The predicted octanol–water partition coefficient (Wildman–Crippen LogP) is 3.75. The van der Waals surface area contributed by atoms with Gasteiger partial charge in [0, 0.05) is 5.57 Å². The van der Waals surface area contributed by atoms with Crippen LogP contribution >= 0.6 is 0 Å². The third-order valence-corrected chi connectivity index (χ3v) is 5.26. The lowest BCUT2D eigenvalue weighted by Crippen LogP contribution is -2.33. The highest BCUT2D eigenvalue weighted by Gasteiger charge is 2.39. The number of cyclic esters (lactones) is 1. The van der Waals surface area contributed by atoms with Crippen LogP contribution in [0.4, 0.5) is 0 Å². The molecule has 0 radical (unpaired) electrons. The Balaban J connectivity index is 1.98. The monoisotopic (exact) mass is 434 g/mol. The smallest absolute Gasteiger partial charge is 0.377 e. The fraction of sp³-hybridized carbons (Fsp3) is 0.478. The molecule has 0 aromatic heterocycles. The van der Waals surface area contributed by atoms with Crippen molar-refractivity contribution >= 4 is 18.0 Å². The first-order chi connectivity index (χ1) is 14.8. The number of carboxylic acids is 1. The van der Waals surface area contributed by atoms with Crippen molar-refractivity contribution in [2.45, 2.75) is 58.2 Å². The van der Waals surface area contributed by atoms with Crippen molar-refractivity contribution in [2.24, 2.45) is 5.92 Å². The van der Waals surface area contributed by atoms with Crippen LogP contribution < -0.4 is 4.74 Å². The number of aliphatic hydroxyl groups excluding tert-OH is 3. The number of benzene rings is 1. The number of esters is 1. The lowest BCUT2D eigenvalue weighted by atomic mass is 9.91. The number of carboxylic acid groups (broad SMARTS) is 1. The van der Waals surface area contributed by atoms with Crippen LogP contribution in [0.1, 0.15) is 51.5 Å². The minimum absolute atomic E-state index is 0.291. The fourth-order valence-corrected chi connectivity index (χ4v) is 3.32. The maximum Gasteiger partial charge on any atom is 0.377 e. The summed E-state index contributed by atoms with van der Waals surface area (Å²) in [7, 11) is 0. The molecular weight excluding hydrogens is 404 g/mol. The van der Waals surface area contributed by atoms with Gasteiger partial charge in [-0.05, 0) is 36.1 Å². The second-order valence-corrected chi connectivity index (χ2v) is 7.60. The summed E-state index contributed by atoms with van der Waals surface area (Å²) in [6.07, 6.45) is 3.51. The molecular formula is C23H30O8. The number of carbonyl (C=O) groups is 2. The molecule has 1 heterocycles. The van der Waals surface area contributed by atoms with E-state index in [1.165, 1.54) is 0 Å². The van der Waals surface area contributed by atoms with Gasteiger partial charge < -0.3 is 29.9 Å². The summed E-state index contributed by atoms with van der Waals surface area (Å²) in [5, 5.41) is 38.5. The van der Waals surface area contributed by atoms with Gasteiger partial charge in [0.05, 0.1) is 0 Å². The highest BCUT2D eigenvalue weighted by Crippen LogP contribution is 2.25. The topological polar surface area (TPSA) is 134 Å². The van der Waals surface area contributed by atoms with Gasteiger partial charge in [-0.3, -0.25) is 0 Å². The molecule has 0 amide bonds. The first-order valence-electron chi connectivity index (χ1n) is 10.4. The third-order valence-electron chi connectivity index (χ3n) is 5.26. The number of aliphatic hydroxyl groups is 3. The van der Waals surface area contributed by atoms with Gasteiger partial charge in [-0.25, -0.2) is 9.59 Å². The van der Waals surface area contributed by atoms with E-state index in [1.54, 1.807) is 30.3 Å². The molecule has 8 nitrogen and oxygen atoms in total. The van der Waals surface area contributed by atoms with Crippen LogP contribution in [0.5, 0.6) is 5.75 Å². The molecule has 1 aliphatic heterocycles. The van der Waals surface area contributed by atoms with Crippen LogP contribution in [0, 0.1) is 5.92 Å². The van der Waals surface area contributed by atoms with Crippen LogP contribution in [0.3, 0.4) is 0 Å². The summed E-state index contributed by atoms with van der Waals surface area (Å²) in [4.78, 5) is 22.9. The average molecular weight is 434 g/mol. The van der Waals surface area contributed by atoms with Gasteiger partial charge in [0.2, 0.25) is 5.76 Å². The van der Waals surface area contributed by atoms with E-state index in [0.29, 0.717) is 29.2 Å². The van der Waals surface area contributed by atoms with E-state index in [-0.39, 0.29) is 6.61 Å². The second-order valence-electron chi connectivity index (χ2n) is 7.60. The van der Waals surface area contributed by atoms with E-state index in [1.807, 2.05) is 0 Å². The normalized spacial score (nSPS) is 18.6. The summed E-state index contributed by atoms with van der Waals surface area (Å²) in [5.41, 5.74) is 1.07. The summed E-state index contributed by atoms with van der Waals surface area (Å²) < 4.78 is 10.1. The zero-order valence-electron chi connectivity index (χ0n) is 17.8. The van der Waals surface area contributed by atoms with Crippen LogP contribution in [0.2, 0.25) is 0 Å². The molecule has 0 saturated heterocycles. The molecule has 1 unspecified atom stereocenters. The molecule has 1 aromatic carbocycles. The highest BCUT2D eigenvalue weighted by atomic mass is 16.6. The number of carbonyl (C=O) groups excluding carboxylic acids is 1. The SMILES string of the molecule is CCCCC(CC)C/C(=C\c1ccc(OC[C@@H](O)[C@H]2OC(=O)C(O)=C2O)cc1)C(=O)O. The first-order valence-corrected chi connectivity index (χ1v) is 10.4. The van der Waals surface area contributed by atoms with E-state index in [0.717, 1.165) is 25.7 Å². The van der Waals surface area contributed by atoms with E-state index >= 15 is 0 Å². The molecule has 3 atom stereocenters. The van der Waals surface area contributed by atoms with E-state index < -0.39 is 35.7 Å². The molecule has 2 rings (SSSR count). The molecule has 4 N–H and O–H groups in total. The quantitative estimate of drug-likeness (QED) is 0.289. The molecule has 0 saturated carbocycles. The molecule has 0 aliphatic carbocycles. The van der Waals surface area contributed by atoms with Gasteiger partial charge in [-0.2, -0.15) is 0 Å². The molecule has 31 heavy (non-hydrogen) atoms. The number of rotatable bonds is 12. The molecule has 8 heteroatoms. The Morgan fingerprint density at radius 3 is 2.42 bits per heavy atom. The number of ether oxygens (including phenoxy) is 2. The van der Waals surface area contributed by atoms with Crippen molar-refractivity contribution in [3.8, 4) is 5.75 Å². The van der Waals surface area contributed by atoms with Crippen molar-refractivity contribution in [3.05, 3.63) is 46.9 Å². The highest BCUT2D eigenvalue weighted by molar-refractivity contribution is 5.92. The van der Waals surface area contributed by atoms with E-state index in [9.17, 15) is 30.0 Å². The number of hydrogen-bond acceptors (Lipinski definition) is 7. The fourth-order valence-electron chi connectivity index (χ4n) is 3.32. The molecule has 0 bridgehead atoms. The average Bonchev–Trinajstić information content (AvgIpc) is 3.02. The lowest BCUT2D eigenvalue weighted by molar-refractivity contribution is -0.147. The Hall–Kier alpha value is -3.00. The maximum atomic E-state index is 11.7. The summed E-state index contributed by atoms with van der Waals surface area (Å²) in [6, 6.07) is 6.66. The number of unbranched alkanes of at least 4 members (excludes halogenated alkanes) is 1. The third kappa shape index (κ3) is 6.75. The minimum atomic E-state index is -1.38.